The minimum Gasteiger partial charge on any atom is -0.497 e. The molecule has 1 aliphatic rings. The van der Waals surface area contributed by atoms with Gasteiger partial charge in [-0.25, -0.2) is 18.2 Å². The molecule has 3 N–H and O–H groups in total. The van der Waals surface area contributed by atoms with Crippen molar-refractivity contribution < 1.29 is 17.9 Å². The van der Waals surface area contributed by atoms with Crippen LogP contribution in [-0.4, -0.2) is 43.9 Å². The molecule has 0 spiro atoms. The SMILES string of the molecule is COc1ccc(CNC(=O)NNc2ccc(S(=O)(=O)N3CC(C)CC(C)C3)cn2)cc1. The molecule has 0 aliphatic carbocycles. The summed E-state index contributed by atoms with van der Waals surface area (Å²) < 4.78 is 32.4. The summed E-state index contributed by atoms with van der Waals surface area (Å²) in [6.07, 6.45) is 2.33. The Hall–Kier alpha value is -2.85. The molecule has 0 saturated carbocycles. The lowest BCUT2D eigenvalue weighted by atomic mass is 9.94. The van der Waals surface area contributed by atoms with Gasteiger partial charge in [0.2, 0.25) is 10.0 Å². The van der Waals surface area contributed by atoms with Crippen LogP contribution in [0.1, 0.15) is 25.8 Å². The monoisotopic (exact) mass is 447 g/mol. The Morgan fingerprint density at radius 3 is 2.39 bits per heavy atom. The smallest absolute Gasteiger partial charge is 0.333 e. The first kappa shape index (κ1) is 22.8. The highest BCUT2D eigenvalue weighted by Gasteiger charge is 2.31. The highest BCUT2D eigenvalue weighted by Crippen LogP contribution is 2.26. The molecule has 2 aromatic rings. The van der Waals surface area contributed by atoms with Gasteiger partial charge in [0.1, 0.15) is 16.5 Å². The molecule has 1 aromatic carbocycles. The molecule has 1 aliphatic heterocycles. The molecule has 3 rings (SSSR count). The van der Waals surface area contributed by atoms with E-state index in [-0.39, 0.29) is 4.90 Å². The van der Waals surface area contributed by atoms with Crippen LogP contribution in [0.4, 0.5) is 10.6 Å². The lowest BCUT2D eigenvalue weighted by molar-refractivity contribution is 0.222. The number of piperidine rings is 1. The van der Waals surface area contributed by atoms with Crippen molar-refractivity contribution in [2.45, 2.75) is 31.7 Å². The van der Waals surface area contributed by atoms with Crippen LogP contribution in [0.5, 0.6) is 5.75 Å². The molecule has 1 fully saturated rings. The van der Waals surface area contributed by atoms with Gasteiger partial charge in [0, 0.05) is 25.8 Å². The number of nitrogens with one attached hydrogen (secondary N) is 3. The maximum absolute atomic E-state index is 12.9. The normalized spacial score (nSPS) is 19.5. The van der Waals surface area contributed by atoms with Crippen LogP contribution in [0.15, 0.2) is 47.5 Å². The molecule has 31 heavy (non-hydrogen) atoms. The minimum atomic E-state index is -3.59. The van der Waals surface area contributed by atoms with E-state index in [1.54, 1.807) is 7.11 Å². The van der Waals surface area contributed by atoms with E-state index in [1.807, 2.05) is 24.3 Å². The second-order valence-electron chi connectivity index (χ2n) is 7.93. The zero-order chi connectivity index (χ0) is 22.4. The van der Waals surface area contributed by atoms with Crippen molar-refractivity contribution in [3.05, 3.63) is 48.2 Å². The third-order valence-electron chi connectivity index (χ3n) is 5.13. The van der Waals surface area contributed by atoms with Crippen molar-refractivity contribution in [2.75, 3.05) is 25.6 Å². The number of carbonyl (C=O) groups excluding carboxylic acids is 1. The Kier molecular flexibility index (Phi) is 7.34. The van der Waals surface area contributed by atoms with E-state index in [4.69, 9.17) is 4.74 Å². The molecule has 1 aromatic heterocycles. The van der Waals surface area contributed by atoms with Crippen molar-refractivity contribution in [1.29, 1.82) is 0 Å². The van der Waals surface area contributed by atoms with Crippen molar-refractivity contribution in [3.8, 4) is 5.75 Å². The second-order valence-corrected chi connectivity index (χ2v) is 9.87. The topological polar surface area (TPSA) is 113 Å². The Morgan fingerprint density at radius 1 is 1.13 bits per heavy atom. The number of amides is 2. The highest BCUT2D eigenvalue weighted by molar-refractivity contribution is 7.89. The molecule has 2 unspecified atom stereocenters. The van der Waals surface area contributed by atoms with E-state index in [2.05, 4.69) is 35.0 Å². The fourth-order valence-corrected chi connectivity index (χ4v) is 5.27. The van der Waals surface area contributed by atoms with E-state index in [1.165, 1.54) is 22.6 Å². The van der Waals surface area contributed by atoms with Crippen LogP contribution in [0.2, 0.25) is 0 Å². The van der Waals surface area contributed by atoms with Crippen molar-refractivity contribution in [2.24, 2.45) is 11.8 Å². The molecule has 9 nitrogen and oxygen atoms in total. The average Bonchev–Trinajstić information content (AvgIpc) is 2.76. The van der Waals surface area contributed by atoms with E-state index >= 15 is 0 Å². The molecular formula is C21H29N5O4S. The number of methoxy groups -OCH3 is 1. The number of hydrogen-bond acceptors (Lipinski definition) is 6. The van der Waals surface area contributed by atoms with Crippen molar-refractivity contribution in [1.82, 2.24) is 20.0 Å². The summed E-state index contributed by atoms with van der Waals surface area (Å²) in [7, 11) is -1.99. The number of rotatable bonds is 7. The maximum atomic E-state index is 12.9. The lowest BCUT2D eigenvalue weighted by Gasteiger charge is -2.33. The van der Waals surface area contributed by atoms with Crippen LogP contribution >= 0.6 is 0 Å². The van der Waals surface area contributed by atoms with Crippen molar-refractivity contribution in [3.63, 3.8) is 0 Å². The maximum Gasteiger partial charge on any atom is 0.333 e. The molecule has 168 valence electrons. The Morgan fingerprint density at radius 2 is 1.81 bits per heavy atom. The number of anilines is 1. The van der Waals surface area contributed by atoms with E-state index in [0.29, 0.717) is 37.3 Å². The van der Waals surface area contributed by atoms with Gasteiger partial charge in [-0.3, -0.25) is 10.9 Å². The molecule has 0 radical (unpaired) electrons. The molecule has 2 atom stereocenters. The number of ether oxygens (including phenoxy) is 1. The molecule has 1 saturated heterocycles. The zero-order valence-electron chi connectivity index (χ0n) is 18.0. The number of nitrogens with zero attached hydrogens (tertiary/aromatic N) is 2. The fourth-order valence-electron chi connectivity index (χ4n) is 3.65. The molecule has 0 bridgehead atoms. The number of aromatic nitrogens is 1. The highest BCUT2D eigenvalue weighted by atomic mass is 32.2. The lowest BCUT2D eigenvalue weighted by Crippen LogP contribution is -2.42. The largest absolute Gasteiger partial charge is 0.497 e. The first-order valence-corrected chi connectivity index (χ1v) is 11.6. The number of benzene rings is 1. The predicted octanol–water partition coefficient (Wildman–Crippen LogP) is 2.58. The van der Waals surface area contributed by atoms with Gasteiger partial charge in [0.05, 0.1) is 7.11 Å². The number of hydrogen-bond donors (Lipinski definition) is 3. The standard InChI is InChI=1S/C21H29N5O4S/c1-15-10-16(2)14-26(13-15)31(28,29)19-8-9-20(22-12-19)24-25-21(27)23-11-17-4-6-18(30-3)7-5-17/h4-9,12,15-16H,10-11,13-14H2,1-3H3,(H,22,24)(H2,23,25,27). The molecule has 2 amide bonds. The Bertz CT molecular complexity index is 970. The molecule has 2 heterocycles. The van der Waals surface area contributed by atoms with Gasteiger partial charge in [-0.05, 0) is 48.1 Å². The summed E-state index contributed by atoms with van der Waals surface area (Å²) in [6.45, 7) is 5.50. The van der Waals surface area contributed by atoms with E-state index in [9.17, 15) is 13.2 Å². The third kappa shape index (κ3) is 6.08. The van der Waals surface area contributed by atoms with Crippen molar-refractivity contribution >= 4 is 21.9 Å². The number of pyridine rings is 1. The fraction of sp³-hybridized carbons (Fsp3) is 0.429. The van der Waals surface area contributed by atoms with Crippen LogP contribution in [0, 0.1) is 11.8 Å². The quantitative estimate of drug-likeness (QED) is 0.563. The number of hydrazine groups is 1. The van der Waals surface area contributed by atoms with Gasteiger partial charge in [-0.15, -0.1) is 0 Å². The van der Waals surface area contributed by atoms with E-state index < -0.39 is 16.1 Å². The first-order valence-electron chi connectivity index (χ1n) is 10.2. The zero-order valence-corrected chi connectivity index (χ0v) is 18.8. The Balaban J connectivity index is 1.51. The number of urea groups is 1. The van der Waals surface area contributed by atoms with Gasteiger partial charge < -0.3 is 10.1 Å². The molecule has 10 heteroatoms. The van der Waals surface area contributed by atoms with Gasteiger partial charge >= 0.3 is 6.03 Å². The average molecular weight is 448 g/mol. The summed E-state index contributed by atoms with van der Waals surface area (Å²) in [5.74, 6) is 1.73. The van der Waals surface area contributed by atoms with Crippen LogP contribution in [-0.2, 0) is 16.6 Å². The van der Waals surface area contributed by atoms with Crippen LogP contribution in [0.25, 0.3) is 0 Å². The predicted molar refractivity (Wildman–Crippen MR) is 118 cm³/mol. The van der Waals surface area contributed by atoms with Gasteiger partial charge in [0.15, 0.2) is 0 Å². The van der Waals surface area contributed by atoms with Gasteiger partial charge in [-0.2, -0.15) is 4.31 Å². The van der Waals surface area contributed by atoms with Crippen LogP contribution < -0.4 is 20.9 Å². The summed E-state index contributed by atoms with van der Waals surface area (Å²) >= 11 is 0. The Labute approximate surface area is 183 Å². The minimum absolute atomic E-state index is 0.142. The van der Waals surface area contributed by atoms with Crippen LogP contribution in [0.3, 0.4) is 0 Å². The number of carbonyl (C=O) groups is 1. The summed E-state index contributed by atoms with van der Waals surface area (Å²) in [5.41, 5.74) is 6.07. The summed E-state index contributed by atoms with van der Waals surface area (Å²) in [5, 5.41) is 2.71. The number of sulfonamides is 1. The molecular weight excluding hydrogens is 418 g/mol. The first-order chi connectivity index (χ1) is 14.8. The summed E-state index contributed by atoms with van der Waals surface area (Å²) in [6, 6.07) is 9.92. The third-order valence-corrected chi connectivity index (χ3v) is 6.94. The van der Waals surface area contributed by atoms with E-state index in [0.717, 1.165) is 17.7 Å². The van der Waals surface area contributed by atoms with Gasteiger partial charge in [-0.1, -0.05) is 26.0 Å². The van der Waals surface area contributed by atoms with Gasteiger partial charge in [0.25, 0.3) is 0 Å². The second kappa shape index (κ2) is 9.97. The summed E-state index contributed by atoms with van der Waals surface area (Å²) in [4.78, 5) is 16.2.